The van der Waals surface area contributed by atoms with Crippen molar-refractivity contribution in [2.45, 2.75) is 32.2 Å². The second-order valence-corrected chi connectivity index (χ2v) is 4.03. The zero-order valence-electron chi connectivity index (χ0n) is 9.97. The minimum atomic E-state index is 0.174. The van der Waals surface area contributed by atoms with Crippen LogP contribution < -0.4 is 5.73 Å². The maximum atomic E-state index is 5.60. The zero-order valence-corrected chi connectivity index (χ0v) is 9.97. The predicted molar refractivity (Wildman–Crippen MR) is 71.3 cm³/mol. The first-order valence-electron chi connectivity index (χ1n) is 5.90. The first-order chi connectivity index (χ1) is 7.79. The molecule has 1 aromatic carbocycles. The van der Waals surface area contributed by atoms with Crippen LogP contribution in [-0.2, 0) is 6.42 Å². The highest BCUT2D eigenvalue weighted by Crippen LogP contribution is 2.01. The number of hydrogen-bond donors (Lipinski definition) is 1. The van der Waals surface area contributed by atoms with Crippen LogP contribution in [-0.4, -0.2) is 6.04 Å². The van der Waals surface area contributed by atoms with Gasteiger partial charge in [-0.15, -0.1) is 0 Å². The third-order valence-corrected chi connectivity index (χ3v) is 2.30. The van der Waals surface area contributed by atoms with E-state index in [9.17, 15) is 0 Å². The van der Waals surface area contributed by atoms with Crippen LogP contribution in [0.15, 0.2) is 54.6 Å². The molecule has 0 aliphatic carbocycles. The van der Waals surface area contributed by atoms with Crippen LogP contribution in [0.3, 0.4) is 0 Å². The van der Waals surface area contributed by atoms with Crippen LogP contribution >= 0.6 is 0 Å². The van der Waals surface area contributed by atoms with Gasteiger partial charge in [0.05, 0.1) is 0 Å². The molecular weight excluding hydrogens is 194 g/mol. The average Bonchev–Trinajstić information content (AvgIpc) is 2.29. The molecule has 0 aliphatic rings. The van der Waals surface area contributed by atoms with Gasteiger partial charge in [0.2, 0.25) is 0 Å². The molecular formula is C15H21N. The SMILES string of the molecule is CC(N)C=CCCC=CCc1ccccc1. The third-order valence-electron chi connectivity index (χ3n) is 2.30. The van der Waals surface area contributed by atoms with Crippen LogP contribution in [0.1, 0.15) is 25.3 Å². The molecule has 1 rings (SSSR count). The van der Waals surface area contributed by atoms with E-state index in [0.717, 1.165) is 19.3 Å². The molecule has 0 heterocycles. The maximum absolute atomic E-state index is 5.60. The van der Waals surface area contributed by atoms with E-state index in [1.54, 1.807) is 0 Å². The van der Waals surface area contributed by atoms with Crippen LogP contribution in [0, 0.1) is 0 Å². The first-order valence-corrected chi connectivity index (χ1v) is 5.90. The Morgan fingerprint density at radius 2 is 1.75 bits per heavy atom. The fraction of sp³-hybridized carbons (Fsp3) is 0.333. The van der Waals surface area contributed by atoms with Crippen LogP contribution in [0.5, 0.6) is 0 Å². The molecule has 0 amide bonds. The van der Waals surface area contributed by atoms with E-state index < -0.39 is 0 Å². The lowest BCUT2D eigenvalue weighted by Crippen LogP contribution is -2.09. The van der Waals surface area contributed by atoms with Crippen molar-refractivity contribution in [3.8, 4) is 0 Å². The van der Waals surface area contributed by atoms with Crippen molar-refractivity contribution in [3.63, 3.8) is 0 Å². The molecule has 1 nitrogen and oxygen atoms in total. The molecule has 0 saturated heterocycles. The van der Waals surface area contributed by atoms with Gasteiger partial charge in [-0.05, 0) is 31.7 Å². The van der Waals surface area contributed by atoms with Gasteiger partial charge in [0.25, 0.3) is 0 Å². The number of hydrogen-bond acceptors (Lipinski definition) is 1. The first kappa shape index (κ1) is 12.7. The van der Waals surface area contributed by atoms with E-state index in [4.69, 9.17) is 5.73 Å². The summed E-state index contributed by atoms with van der Waals surface area (Å²) >= 11 is 0. The summed E-state index contributed by atoms with van der Waals surface area (Å²) in [6.07, 6.45) is 11.9. The second-order valence-electron chi connectivity index (χ2n) is 4.03. The Morgan fingerprint density at radius 1 is 1.06 bits per heavy atom. The molecule has 0 radical (unpaired) electrons. The average molecular weight is 215 g/mol. The minimum absolute atomic E-state index is 0.174. The number of unbranched alkanes of at least 4 members (excludes halogenated alkanes) is 1. The Balaban J connectivity index is 2.14. The highest BCUT2D eigenvalue weighted by atomic mass is 14.6. The molecule has 1 atom stereocenters. The molecule has 0 aliphatic heterocycles. The van der Waals surface area contributed by atoms with Crippen molar-refractivity contribution in [3.05, 3.63) is 60.2 Å². The van der Waals surface area contributed by atoms with E-state index in [-0.39, 0.29) is 6.04 Å². The Morgan fingerprint density at radius 3 is 2.44 bits per heavy atom. The van der Waals surface area contributed by atoms with Gasteiger partial charge in [0.15, 0.2) is 0 Å². The van der Waals surface area contributed by atoms with Gasteiger partial charge in [-0.3, -0.25) is 0 Å². The Kier molecular flexibility index (Phi) is 6.28. The molecule has 2 N–H and O–H groups in total. The quantitative estimate of drug-likeness (QED) is 0.570. The van der Waals surface area contributed by atoms with Gasteiger partial charge in [-0.25, -0.2) is 0 Å². The predicted octanol–water partition coefficient (Wildman–Crippen LogP) is 3.47. The molecule has 1 aromatic rings. The summed E-state index contributed by atoms with van der Waals surface area (Å²) in [5.41, 5.74) is 6.97. The molecule has 0 spiro atoms. The summed E-state index contributed by atoms with van der Waals surface area (Å²) in [4.78, 5) is 0. The Labute approximate surface area is 98.7 Å². The van der Waals surface area contributed by atoms with Crippen molar-refractivity contribution in [1.29, 1.82) is 0 Å². The topological polar surface area (TPSA) is 26.0 Å². The van der Waals surface area contributed by atoms with Gasteiger partial charge < -0.3 is 5.73 Å². The van der Waals surface area contributed by atoms with Crippen LogP contribution in [0.25, 0.3) is 0 Å². The summed E-state index contributed by atoms with van der Waals surface area (Å²) in [5.74, 6) is 0. The minimum Gasteiger partial charge on any atom is -0.325 e. The van der Waals surface area contributed by atoms with Gasteiger partial charge in [-0.1, -0.05) is 54.6 Å². The fourth-order valence-electron chi connectivity index (χ4n) is 1.45. The van der Waals surface area contributed by atoms with Gasteiger partial charge in [0, 0.05) is 6.04 Å². The lowest BCUT2D eigenvalue weighted by Gasteiger charge is -1.95. The zero-order chi connectivity index (χ0) is 11.6. The van der Waals surface area contributed by atoms with Gasteiger partial charge in [-0.2, -0.15) is 0 Å². The van der Waals surface area contributed by atoms with Gasteiger partial charge in [0.1, 0.15) is 0 Å². The van der Waals surface area contributed by atoms with Crippen molar-refractivity contribution >= 4 is 0 Å². The molecule has 0 saturated carbocycles. The number of benzene rings is 1. The molecule has 0 bridgehead atoms. The van der Waals surface area contributed by atoms with Crippen molar-refractivity contribution in [2.24, 2.45) is 5.73 Å². The molecule has 0 aromatic heterocycles. The van der Waals surface area contributed by atoms with Crippen LogP contribution in [0.2, 0.25) is 0 Å². The summed E-state index contributed by atoms with van der Waals surface area (Å²) in [5, 5.41) is 0. The monoisotopic (exact) mass is 215 g/mol. The summed E-state index contributed by atoms with van der Waals surface area (Å²) in [6, 6.07) is 10.7. The lowest BCUT2D eigenvalue weighted by atomic mass is 10.1. The van der Waals surface area contributed by atoms with E-state index in [2.05, 4.69) is 42.5 Å². The number of allylic oxidation sites excluding steroid dienone is 3. The van der Waals surface area contributed by atoms with Gasteiger partial charge >= 0.3 is 0 Å². The maximum Gasteiger partial charge on any atom is 0.0194 e. The largest absolute Gasteiger partial charge is 0.325 e. The summed E-state index contributed by atoms with van der Waals surface area (Å²) in [6.45, 7) is 1.99. The standard InChI is InChI=1S/C15H21N/c1-14(16)10-6-3-2-4-7-11-15-12-8-5-9-13-15/h4-10,12-14H,2-3,11,16H2,1H3. The lowest BCUT2D eigenvalue weighted by molar-refractivity contribution is 0.910. The number of nitrogens with two attached hydrogens (primary N) is 1. The molecule has 16 heavy (non-hydrogen) atoms. The van der Waals surface area contributed by atoms with E-state index in [1.807, 2.05) is 19.1 Å². The number of rotatable bonds is 6. The summed E-state index contributed by atoms with van der Waals surface area (Å²) < 4.78 is 0. The highest BCUT2D eigenvalue weighted by Gasteiger charge is 1.85. The van der Waals surface area contributed by atoms with Crippen LogP contribution in [0.4, 0.5) is 0 Å². The molecule has 86 valence electrons. The van der Waals surface area contributed by atoms with Crippen molar-refractivity contribution in [1.82, 2.24) is 0 Å². The second kappa shape index (κ2) is 7.89. The molecule has 0 fully saturated rings. The Bertz CT molecular complexity index is 323. The normalized spacial score (nSPS) is 13.6. The van der Waals surface area contributed by atoms with Crippen molar-refractivity contribution in [2.75, 3.05) is 0 Å². The van der Waals surface area contributed by atoms with E-state index in [1.165, 1.54) is 5.56 Å². The third kappa shape index (κ3) is 6.20. The molecule has 1 unspecified atom stereocenters. The molecule has 1 heteroatoms. The smallest absolute Gasteiger partial charge is 0.0194 e. The van der Waals surface area contributed by atoms with Crippen molar-refractivity contribution < 1.29 is 0 Å². The fourth-order valence-corrected chi connectivity index (χ4v) is 1.45. The van der Waals surface area contributed by atoms with E-state index >= 15 is 0 Å². The highest BCUT2D eigenvalue weighted by molar-refractivity contribution is 5.17. The van der Waals surface area contributed by atoms with E-state index in [0.29, 0.717) is 0 Å². The summed E-state index contributed by atoms with van der Waals surface area (Å²) in [7, 11) is 0. The Hall–Kier alpha value is -1.34.